The lowest BCUT2D eigenvalue weighted by molar-refractivity contribution is -0.145. The monoisotopic (exact) mass is 472 g/mol. The van der Waals surface area contributed by atoms with Gasteiger partial charge in [0.25, 0.3) is 6.47 Å². The Kier molecular flexibility index (Phi) is 11.7. The van der Waals surface area contributed by atoms with E-state index in [1.54, 1.807) is 19.1 Å². The molecule has 2 aromatic rings. The van der Waals surface area contributed by atoms with Crippen molar-refractivity contribution < 1.29 is 43.7 Å². The molecule has 34 heavy (non-hydrogen) atoms. The predicted octanol–water partition coefficient (Wildman–Crippen LogP) is 1.78. The lowest BCUT2D eigenvalue weighted by Gasteiger charge is -2.11. The van der Waals surface area contributed by atoms with Gasteiger partial charge in [0.05, 0.1) is 12.8 Å². The third kappa shape index (κ3) is 8.91. The van der Waals surface area contributed by atoms with Crippen molar-refractivity contribution in [2.45, 2.75) is 13.3 Å². The quantitative estimate of drug-likeness (QED) is 0.0828. The van der Waals surface area contributed by atoms with Crippen molar-refractivity contribution in [1.82, 2.24) is 0 Å². The predicted molar refractivity (Wildman–Crippen MR) is 120 cm³/mol. The number of hydrogen-bond acceptors (Lipinski definition) is 9. The number of hydrogen-bond donors (Lipinski definition) is 3. The Balaban J connectivity index is 0.00000182. The second kappa shape index (κ2) is 14.5. The number of carbonyl (C=O) groups is 5. The molecule has 2 rings (SSSR count). The van der Waals surface area contributed by atoms with Gasteiger partial charge >= 0.3 is 11.9 Å². The fraction of sp³-hybridized carbons (Fsp3) is 0.217. The molecule has 0 bridgehead atoms. The third-order valence-corrected chi connectivity index (χ3v) is 4.26. The van der Waals surface area contributed by atoms with Crippen LogP contribution in [0, 0.1) is 5.92 Å². The van der Waals surface area contributed by atoms with Crippen molar-refractivity contribution in [2.24, 2.45) is 16.9 Å². The van der Waals surface area contributed by atoms with Gasteiger partial charge in [0.1, 0.15) is 11.7 Å². The molecule has 0 aromatic heterocycles. The fourth-order valence-electron chi connectivity index (χ4n) is 2.70. The van der Waals surface area contributed by atoms with Gasteiger partial charge in [0.2, 0.25) is 0 Å². The first-order valence-corrected chi connectivity index (χ1v) is 9.87. The number of ketones is 2. The van der Waals surface area contributed by atoms with E-state index in [1.165, 1.54) is 42.6 Å². The number of carboxylic acid groups (broad SMARTS) is 2. The Hall–Kier alpha value is -4.54. The zero-order valence-corrected chi connectivity index (χ0v) is 18.2. The standard InChI is InChI=1S/C22H22N2O7.CH2O2/c1-2-30-20(26)13-31-17-9-7-15(8-10-17)19(25)11-18(22(28)29)21(27)16-5-3-14(4-6-16)12-24-23;2-1-3/h3-10,12,18H,2,11,13,23H2,1H3,(H,28,29);1H,(H,2,3). The van der Waals surface area contributed by atoms with E-state index in [2.05, 4.69) is 5.10 Å². The van der Waals surface area contributed by atoms with E-state index in [9.17, 15) is 24.3 Å². The number of benzene rings is 2. The average molecular weight is 472 g/mol. The van der Waals surface area contributed by atoms with E-state index in [1.807, 2.05) is 0 Å². The molecule has 0 amide bonds. The van der Waals surface area contributed by atoms with Crippen LogP contribution in [0.1, 0.15) is 39.6 Å². The molecular formula is C23H24N2O9. The molecule has 0 saturated heterocycles. The number of carbonyl (C=O) groups excluding carboxylic acids is 3. The maximum Gasteiger partial charge on any atom is 0.344 e. The first-order valence-electron chi connectivity index (χ1n) is 9.87. The summed E-state index contributed by atoms with van der Waals surface area (Å²) >= 11 is 0. The average Bonchev–Trinajstić information content (AvgIpc) is 2.82. The summed E-state index contributed by atoms with van der Waals surface area (Å²) in [7, 11) is 0. The minimum absolute atomic E-state index is 0.164. The lowest BCUT2D eigenvalue weighted by Crippen LogP contribution is -2.26. The van der Waals surface area contributed by atoms with Crippen LogP contribution in [-0.4, -0.2) is 59.6 Å². The summed E-state index contributed by atoms with van der Waals surface area (Å²) in [6.07, 6.45) is 0.885. The maximum absolute atomic E-state index is 12.6. The van der Waals surface area contributed by atoms with Gasteiger partial charge in [-0.3, -0.25) is 19.2 Å². The zero-order chi connectivity index (χ0) is 25.5. The molecule has 2 aromatic carbocycles. The zero-order valence-electron chi connectivity index (χ0n) is 18.2. The molecule has 0 spiro atoms. The highest BCUT2D eigenvalue weighted by atomic mass is 16.6. The van der Waals surface area contributed by atoms with Crippen molar-refractivity contribution in [3.63, 3.8) is 0 Å². The number of carboxylic acids is 1. The molecule has 0 radical (unpaired) electrons. The number of hydrazone groups is 1. The van der Waals surface area contributed by atoms with Gasteiger partial charge in [-0.15, -0.1) is 0 Å². The molecule has 1 unspecified atom stereocenters. The van der Waals surface area contributed by atoms with E-state index in [-0.39, 0.29) is 30.8 Å². The van der Waals surface area contributed by atoms with Crippen LogP contribution in [0.2, 0.25) is 0 Å². The van der Waals surface area contributed by atoms with Crippen LogP contribution in [0.5, 0.6) is 5.75 Å². The van der Waals surface area contributed by atoms with Crippen molar-refractivity contribution in [3.05, 3.63) is 65.2 Å². The number of nitrogens with zero attached hydrogens (tertiary/aromatic N) is 1. The molecule has 11 heteroatoms. The minimum atomic E-state index is -1.53. The topological polar surface area (TPSA) is 183 Å². The molecule has 0 saturated carbocycles. The van der Waals surface area contributed by atoms with Crippen LogP contribution in [-0.2, 0) is 19.1 Å². The van der Waals surface area contributed by atoms with E-state index >= 15 is 0 Å². The van der Waals surface area contributed by atoms with Gasteiger partial charge in [-0.05, 0) is 36.8 Å². The van der Waals surface area contributed by atoms with E-state index in [0.29, 0.717) is 11.3 Å². The van der Waals surface area contributed by atoms with E-state index in [0.717, 1.165) is 0 Å². The summed E-state index contributed by atoms with van der Waals surface area (Å²) in [5, 5.41) is 19.7. The van der Waals surface area contributed by atoms with Gasteiger partial charge in [-0.25, -0.2) is 4.79 Å². The summed E-state index contributed by atoms with van der Waals surface area (Å²) < 4.78 is 10.00. The number of esters is 1. The lowest BCUT2D eigenvalue weighted by atomic mass is 9.90. The second-order valence-corrected chi connectivity index (χ2v) is 6.51. The van der Waals surface area contributed by atoms with Gasteiger partial charge in [-0.2, -0.15) is 5.10 Å². The van der Waals surface area contributed by atoms with Crippen LogP contribution < -0.4 is 10.6 Å². The number of ether oxygens (including phenoxy) is 2. The third-order valence-electron chi connectivity index (χ3n) is 4.26. The second-order valence-electron chi connectivity index (χ2n) is 6.51. The van der Waals surface area contributed by atoms with Crippen LogP contribution in [0.25, 0.3) is 0 Å². The molecule has 1 atom stereocenters. The summed E-state index contributed by atoms with van der Waals surface area (Å²) in [6.45, 7) is 1.40. The highest BCUT2D eigenvalue weighted by Crippen LogP contribution is 2.19. The van der Waals surface area contributed by atoms with Crippen molar-refractivity contribution >= 4 is 36.2 Å². The Morgan fingerprint density at radius 3 is 2.09 bits per heavy atom. The molecule has 0 aliphatic heterocycles. The van der Waals surface area contributed by atoms with Gasteiger partial charge in [0, 0.05) is 17.5 Å². The smallest absolute Gasteiger partial charge is 0.344 e. The molecule has 180 valence electrons. The van der Waals surface area contributed by atoms with Crippen LogP contribution in [0.4, 0.5) is 0 Å². The Labute approximate surface area is 194 Å². The highest BCUT2D eigenvalue weighted by molar-refractivity contribution is 6.12. The van der Waals surface area contributed by atoms with Crippen molar-refractivity contribution in [3.8, 4) is 5.75 Å². The minimum Gasteiger partial charge on any atom is -0.483 e. The normalized spacial score (nSPS) is 11.0. The molecule has 0 fully saturated rings. The summed E-state index contributed by atoms with van der Waals surface area (Å²) in [6, 6.07) is 11.9. The Morgan fingerprint density at radius 1 is 1.03 bits per heavy atom. The summed E-state index contributed by atoms with van der Waals surface area (Å²) in [5.74, 6) is 0.792. The first kappa shape index (κ1) is 27.5. The molecule has 11 nitrogen and oxygen atoms in total. The Bertz CT molecular complexity index is 1020. The van der Waals surface area contributed by atoms with Gasteiger partial charge in [-0.1, -0.05) is 24.3 Å². The first-order chi connectivity index (χ1) is 16.3. The molecule has 0 aliphatic rings. The Morgan fingerprint density at radius 2 is 1.59 bits per heavy atom. The number of aliphatic carboxylic acids is 1. The van der Waals surface area contributed by atoms with Crippen molar-refractivity contribution in [1.29, 1.82) is 0 Å². The summed E-state index contributed by atoms with van der Waals surface area (Å²) in [5.41, 5.74) is 1.03. The maximum atomic E-state index is 12.6. The molecular weight excluding hydrogens is 448 g/mol. The van der Waals surface area contributed by atoms with E-state index in [4.69, 9.17) is 25.2 Å². The number of Topliss-reactive ketones (excluding diaryl/α,β-unsaturated/α-hetero) is 2. The van der Waals surface area contributed by atoms with Crippen molar-refractivity contribution in [2.75, 3.05) is 13.2 Å². The fourth-order valence-corrected chi connectivity index (χ4v) is 2.70. The van der Waals surface area contributed by atoms with Crippen LogP contribution in [0.3, 0.4) is 0 Å². The van der Waals surface area contributed by atoms with Crippen LogP contribution in [0.15, 0.2) is 53.6 Å². The van der Waals surface area contributed by atoms with E-state index < -0.39 is 35.8 Å². The van der Waals surface area contributed by atoms with Crippen LogP contribution >= 0.6 is 0 Å². The number of nitrogens with two attached hydrogens (primary N) is 1. The SMILES string of the molecule is CCOC(=O)COc1ccc(C(=O)CC(C(=O)O)C(=O)c2ccc(C=NN)cc2)cc1.O=CO. The van der Waals surface area contributed by atoms with Gasteiger partial charge in [0.15, 0.2) is 18.2 Å². The largest absolute Gasteiger partial charge is 0.483 e. The highest BCUT2D eigenvalue weighted by Gasteiger charge is 2.30. The molecule has 4 N–H and O–H groups in total. The summed E-state index contributed by atoms with van der Waals surface area (Å²) in [4.78, 5) is 56.5. The van der Waals surface area contributed by atoms with Gasteiger partial charge < -0.3 is 25.5 Å². The molecule has 0 heterocycles. The number of rotatable bonds is 11. The molecule has 0 aliphatic carbocycles.